The average Bonchev–Trinajstić information content (AvgIpc) is 2.62. The van der Waals surface area contributed by atoms with E-state index in [1.165, 1.54) is 0 Å². The lowest BCUT2D eigenvalue weighted by atomic mass is 10.1. The zero-order chi connectivity index (χ0) is 17.4. The van der Waals surface area contributed by atoms with Gasteiger partial charge in [-0.2, -0.15) is 5.26 Å². The molecule has 0 heterocycles. The van der Waals surface area contributed by atoms with Gasteiger partial charge in [0.05, 0.1) is 25.3 Å². The Kier molecular flexibility index (Phi) is 6.35. The molecule has 0 radical (unpaired) electrons. The third-order valence-corrected chi connectivity index (χ3v) is 3.68. The molecule has 0 unspecified atom stereocenters. The molecule has 2 aromatic carbocycles. The molecule has 5 nitrogen and oxygen atoms in total. The first-order chi connectivity index (χ1) is 11.6. The lowest BCUT2D eigenvalue weighted by Gasteiger charge is -2.20. The van der Waals surface area contributed by atoms with E-state index >= 15 is 0 Å². The molecule has 2 rings (SSSR count). The topological polar surface area (TPSA) is 65.4 Å². The van der Waals surface area contributed by atoms with E-state index in [-0.39, 0.29) is 5.91 Å². The predicted octanol–water partition coefficient (Wildman–Crippen LogP) is 3.03. The molecule has 0 spiro atoms. The van der Waals surface area contributed by atoms with Gasteiger partial charge in [-0.25, -0.2) is 0 Å². The maximum absolute atomic E-state index is 12.2. The number of benzene rings is 2. The van der Waals surface area contributed by atoms with Crippen molar-refractivity contribution in [3.8, 4) is 11.8 Å². The molecule has 0 aliphatic heterocycles. The largest absolute Gasteiger partial charge is 0.497 e. The smallest absolute Gasteiger partial charge is 0.238 e. The minimum Gasteiger partial charge on any atom is -0.497 e. The molecule has 1 N–H and O–H groups in total. The van der Waals surface area contributed by atoms with Crippen molar-refractivity contribution in [3.05, 3.63) is 59.7 Å². The summed E-state index contributed by atoms with van der Waals surface area (Å²) in [6.07, 6.45) is 0. The van der Waals surface area contributed by atoms with Crippen LogP contribution in [0.3, 0.4) is 0 Å². The summed E-state index contributed by atoms with van der Waals surface area (Å²) in [7, 11) is 1.61. The third-order valence-electron chi connectivity index (χ3n) is 3.68. The number of carbonyl (C=O) groups excluding carboxylic acids is 1. The van der Waals surface area contributed by atoms with Crippen LogP contribution in [0.4, 0.5) is 5.69 Å². The number of ether oxygens (including phenoxy) is 1. The summed E-state index contributed by atoms with van der Waals surface area (Å²) < 4.78 is 5.10. The molecule has 0 fully saturated rings. The van der Waals surface area contributed by atoms with Gasteiger partial charge in [-0.15, -0.1) is 0 Å². The number of hydrogen-bond acceptors (Lipinski definition) is 4. The number of hydrogen-bond donors (Lipinski definition) is 1. The molecule has 0 bridgehead atoms. The fraction of sp³-hybridized carbons (Fsp3) is 0.263. The van der Waals surface area contributed by atoms with Gasteiger partial charge in [0.25, 0.3) is 0 Å². The fourth-order valence-corrected chi connectivity index (χ4v) is 2.30. The zero-order valence-corrected chi connectivity index (χ0v) is 14.0. The van der Waals surface area contributed by atoms with Crippen molar-refractivity contribution in [2.75, 3.05) is 25.5 Å². The zero-order valence-electron chi connectivity index (χ0n) is 14.0. The Morgan fingerprint density at radius 2 is 1.83 bits per heavy atom. The third kappa shape index (κ3) is 5.11. The Balaban J connectivity index is 1.90. The van der Waals surface area contributed by atoms with E-state index in [1.807, 2.05) is 48.2 Å². The second-order valence-electron chi connectivity index (χ2n) is 5.39. The van der Waals surface area contributed by atoms with Crippen molar-refractivity contribution in [1.29, 1.82) is 5.26 Å². The molecule has 0 aliphatic carbocycles. The van der Waals surface area contributed by atoms with Gasteiger partial charge >= 0.3 is 0 Å². The van der Waals surface area contributed by atoms with E-state index in [4.69, 9.17) is 10.00 Å². The van der Waals surface area contributed by atoms with Crippen LogP contribution in [-0.4, -0.2) is 31.0 Å². The lowest BCUT2D eigenvalue weighted by molar-refractivity contribution is -0.117. The minimum atomic E-state index is -0.0596. The number of nitrogens with one attached hydrogen (secondary N) is 1. The number of methoxy groups -OCH3 is 1. The highest BCUT2D eigenvalue weighted by atomic mass is 16.5. The highest BCUT2D eigenvalue weighted by Crippen LogP contribution is 2.15. The van der Waals surface area contributed by atoms with Crippen molar-refractivity contribution in [3.63, 3.8) is 0 Å². The fourth-order valence-electron chi connectivity index (χ4n) is 2.30. The van der Waals surface area contributed by atoms with Crippen molar-refractivity contribution in [2.24, 2.45) is 0 Å². The Morgan fingerprint density at radius 3 is 2.38 bits per heavy atom. The van der Waals surface area contributed by atoms with E-state index in [2.05, 4.69) is 11.4 Å². The SMILES string of the molecule is CCN(CC(=O)Nc1ccc(OC)cc1)Cc1ccc(C#N)cc1. The van der Waals surface area contributed by atoms with Gasteiger partial charge in [0.2, 0.25) is 5.91 Å². The molecule has 0 saturated heterocycles. The van der Waals surface area contributed by atoms with E-state index < -0.39 is 0 Å². The van der Waals surface area contributed by atoms with Gasteiger partial charge < -0.3 is 10.1 Å². The molecule has 1 amide bonds. The first-order valence-electron chi connectivity index (χ1n) is 7.80. The molecule has 2 aromatic rings. The number of likely N-dealkylation sites (N-methyl/N-ethyl adjacent to an activating group) is 1. The van der Waals surface area contributed by atoms with Gasteiger partial charge in [0.1, 0.15) is 5.75 Å². The second kappa shape index (κ2) is 8.70. The molecule has 0 aromatic heterocycles. The maximum Gasteiger partial charge on any atom is 0.238 e. The summed E-state index contributed by atoms with van der Waals surface area (Å²) in [5.41, 5.74) is 2.46. The summed E-state index contributed by atoms with van der Waals surface area (Å²) in [4.78, 5) is 14.2. The Bertz CT molecular complexity index is 703. The summed E-state index contributed by atoms with van der Waals surface area (Å²) in [6.45, 7) is 3.75. The Labute approximate surface area is 142 Å². The van der Waals surface area contributed by atoms with E-state index in [0.29, 0.717) is 18.7 Å². The van der Waals surface area contributed by atoms with E-state index in [9.17, 15) is 4.79 Å². The summed E-state index contributed by atoms with van der Waals surface area (Å²) in [5, 5.41) is 11.7. The second-order valence-corrected chi connectivity index (χ2v) is 5.39. The molecule has 0 saturated carbocycles. The van der Waals surface area contributed by atoms with Gasteiger partial charge in [0, 0.05) is 12.2 Å². The number of nitrogens with zero attached hydrogens (tertiary/aromatic N) is 2. The number of amides is 1. The van der Waals surface area contributed by atoms with Gasteiger partial charge in [0.15, 0.2) is 0 Å². The average molecular weight is 323 g/mol. The van der Waals surface area contributed by atoms with Gasteiger partial charge in [-0.1, -0.05) is 19.1 Å². The first kappa shape index (κ1) is 17.5. The lowest BCUT2D eigenvalue weighted by Crippen LogP contribution is -2.32. The van der Waals surface area contributed by atoms with Crippen LogP contribution in [0.5, 0.6) is 5.75 Å². The molecule has 24 heavy (non-hydrogen) atoms. The Hall–Kier alpha value is -2.84. The molecular formula is C19H21N3O2. The number of anilines is 1. The van der Waals surface area contributed by atoms with E-state index in [0.717, 1.165) is 23.5 Å². The monoisotopic (exact) mass is 323 g/mol. The van der Waals surface area contributed by atoms with Gasteiger partial charge in [-0.3, -0.25) is 9.69 Å². The maximum atomic E-state index is 12.2. The Morgan fingerprint density at radius 1 is 1.17 bits per heavy atom. The van der Waals surface area contributed by atoms with Crippen LogP contribution in [0.2, 0.25) is 0 Å². The van der Waals surface area contributed by atoms with Gasteiger partial charge in [-0.05, 0) is 48.5 Å². The summed E-state index contributed by atoms with van der Waals surface area (Å²) >= 11 is 0. The van der Waals surface area contributed by atoms with E-state index in [1.54, 1.807) is 19.2 Å². The highest BCUT2D eigenvalue weighted by Gasteiger charge is 2.10. The highest BCUT2D eigenvalue weighted by molar-refractivity contribution is 5.92. The quantitative estimate of drug-likeness (QED) is 0.850. The van der Waals surface area contributed by atoms with Crippen molar-refractivity contribution < 1.29 is 9.53 Å². The van der Waals surface area contributed by atoms with Crippen molar-refractivity contribution >= 4 is 11.6 Å². The number of carbonyl (C=O) groups is 1. The summed E-state index contributed by atoms with van der Waals surface area (Å²) in [5.74, 6) is 0.694. The van der Waals surface area contributed by atoms with Crippen LogP contribution >= 0.6 is 0 Å². The molecule has 0 atom stereocenters. The van der Waals surface area contributed by atoms with Crippen LogP contribution in [0.15, 0.2) is 48.5 Å². The summed E-state index contributed by atoms with van der Waals surface area (Å²) in [6, 6.07) is 16.8. The molecule has 5 heteroatoms. The van der Waals surface area contributed by atoms with Crippen molar-refractivity contribution in [1.82, 2.24) is 4.90 Å². The van der Waals surface area contributed by atoms with Crippen LogP contribution in [-0.2, 0) is 11.3 Å². The first-order valence-corrected chi connectivity index (χ1v) is 7.80. The molecule has 124 valence electrons. The minimum absolute atomic E-state index is 0.0596. The van der Waals surface area contributed by atoms with Crippen LogP contribution in [0.25, 0.3) is 0 Å². The predicted molar refractivity (Wildman–Crippen MR) is 93.7 cm³/mol. The molecule has 0 aliphatic rings. The normalized spacial score (nSPS) is 10.2. The number of rotatable bonds is 7. The number of nitriles is 1. The van der Waals surface area contributed by atoms with Crippen LogP contribution < -0.4 is 10.1 Å². The standard InChI is InChI=1S/C19H21N3O2/c1-3-22(13-16-6-4-15(12-20)5-7-16)14-19(23)21-17-8-10-18(24-2)11-9-17/h4-11H,3,13-14H2,1-2H3,(H,21,23). The van der Waals surface area contributed by atoms with Crippen LogP contribution in [0.1, 0.15) is 18.1 Å². The van der Waals surface area contributed by atoms with Crippen LogP contribution in [0, 0.1) is 11.3 Å². The van der Waals surface area contributed by atoms with Crippen molar-refractivity contribution in [2.45, 2.75) is 13.5 Å². The molecular weight excluding hydrogens is 302 g/mol.